The lowest BCUT2D eigenvalue weighted by atomic mass is 9.69. The van der Waals surface area contributed by atoms with Gasteiger partial charge < -0.3 is 18.5 Å². The molecule has 0 amide bonds. The highest BCUT2D eigenvalue weighted by Crippen LogP contribution is 2.48. The van der Waals surface area contributed by atoms with E-state index >= 15 is 0 Å². The molecule has 0 spiro atoms. The number of nitrogens with zero attached hydrogens (tertiary/aromatic N) is 2. The van der Waals surface area contributed by atoms with E-state index in [-0.39, 0.29) is 23.8 Å². The Morgan fingerprint density at radius 3 is 2.61 bits per heavy atom. The number of hydrogen-bond donors (Lipinski definition) is 0. The maximum absolute atomic E-state index is 12.1. The lowest BCUT2D eigenvalue weighted by molar-refractivity contribution is 0.229. The van der Waals surface area contributed by atoms with E-state index in [2.05, 4.69) is 17.9 Å². The van der Waals surface area contributed by atoms with Crippen molar-refractivity contribution in [1.29, 1.82) is 5.26 Å². The smallest absolute Gasteiger partial charge is 0.423 e. The van der Waals surface area contributed by atoms with E-state index in [0.717, 1.165) is 37.1 Å². The van der Waals surface area contributed by atoms with Crippen LogP contribution in [0, 0.1) is 11.3 Å². The molecule has 1 aromatic heterocycles. The summed E-state index contributed by atoms with van der Waals surface area (Å²) in [5.74, 6) is 0.455. The average Bonchev–Trinajstić information content (AvgIpc) is 3.28. The van der Waals surface area contributed by atoms with Crippen LogP contribution >= 0.6 is 0 Å². The Kier molecular flexibility index (Phi) is 4.67. The van der Waals surface area contributed by atoms with Crippen LogP contribution in [0.15, 0.2) is 54.8 Å². The second kappa shape index (κ2) is 7.40. The average molecular weight is 418 g/mol. The van der Waals surface area contributed by atoms with Crippen LogP contribution in [0.4, 0.5) is 0 Å². The zero-order chi connectivity index (χ0) is 21.6. The summed E-state index contributed by atoms with van der Waals surface area (Å²) in [4.78, 5) is 26.2. The molecule has 2 aliphatic heterocycles. The Bertz CT molecular complexity index is 1310. The topological polar surface area (TPSA) is 96.7 Å². The number of likely N-dealkylation sites (tertiary alicyclic amines) is 1. The van der Waals surface area contributed by atoms with Gasteiger partial charge in [-0.05, 0) is 62.5 Å². The molecule has 31 heavy (non-hydrogen) atoms. The van der Waals surface area contributed by atoms with Crippen molar-refractivity contribution < 1.29 is 13.6 Å². The quantitative estimate of drug-likeness (QED) is 0.602. The predicted octanol–water partition coefficient (Wildman–Crippen LogP) is 3.32. The lowest BCUT2D eigenvalue weighted by Crippen LogP contribution is -2.39. The summed E-state index contributed by atoms with van der Waals surface area (Å²) in [6, 6.07) is 13.6. The summed E-state index contributed by atoms with van der Waals surface area (Å²) in [7, 11) is 0. The van der Waals surface area contributed by atoms with Gasteiger partial charge in [-0.25, -0.2) is 9.59 Å². The van der Waals surface area contributed by atoms with Gasteiger partial charge in [0.15, 0.2) is 11.2 Å². The van der Waals surface area contributed by atoms with Crippen LogP contribution in [0.3, 0.4) is 0 Å². The van der Waals surface area contributed by atoms with Crippen LogP contribution < -0.4 is 16.0 Å². The van der Waals surface area contributed by atoms with Crippen molar-refractivity contribution in [2.45, 2.75) is 44.2 Å². The Balaban J connectivity index is 1.82. The number of benzene rings is 2. The maximum atomic E-state index is 12.1. The molecule has 0 aliphatic carbocycles. The molecule has 3 heterocycles. The Morgan fingerprint density at radius 1 is 1.10 bits per heavy atom. The summed E-state index contributed by atoms with van der Waals surface area (Å²) < 4.78 is 16.7. The van der Waals surface area contributed by atoms with Crippen LogP contribution in [0.1, 0.15) is 42.9 Å². The Labute approximate surface area is 178 Å². The molecule has 5 rings (SSSR count). The van der Waals surface area contributed by atoms with Crippen molar-refractivity contribution in [2.75, 3.05) is 13.1 Å². The molecule has 0 bridgehead atoms. The molecule has 0 N–H and O–H groups in total. The van der Waals surface area contributed by atoms with Crippen molar-refractivity contribution in [3.63, 3.8) is 0 Å². The fourth-order valence-corrected chi connectivity index (χ4v) is 5.01. The lowest BCUT2D eigenvalue weighted by Gasteiger charge is -2.34. The highest BCUT2D eigenvalue weighted by atomic mass is 16.5. The van der Waals surface area contributed by atoms with Gasteiger partial charge in [-0.2, -0.15) is 5.26 Å². The summed E-state index contributed by atoms with van der Waals surface area (Å²) in [5.41, 5.74) is -0.920. The van der Waals surface area contributed by atoms with Crippen LogP contribution in [0.5, 0.6) is 5.75 Å². The normalized spacial score (nSPS) is 21.5. The van der Waals surface area contributed by atoms with Crippen molar-refractivity contribution in [1.82, 2.24) is 4.90 Å². The molecule has 2 unspecified atom stereocenters. The third-order valence-electron chi connectivity index (χ3n) is 6.49. The van der Waals surface area contributed by atoms with E-state index in [1.54, 1.807) is 12.1 Å². The summed E-state index contributed by atoms with van der Waals surface area (Å²) in [6.07, 6.45) is 2.77. The van der Waals surface area contributed by atoms with Gasteiger partial charge in [0, 0.05) is 6.04 Å². The largest absolute Gasteiger partial charge is 0.488 e. The Morgan fingerprint density at radius 2 is 1.84 bits per heavy atom. The van der Waals surface area contributed by atoms with Crippen molar-refractivity contribution >= 4 is 11.2 Å². The fraction of sp³-hybridized carbons (Fsp3) is 0.375. The van der Waals surface area contributed by atoms with Gasteiger partial charge in [0.2, 0.25) is 0 Å². The predicted molar refractivity (Wildman–Crippen MR) is 113 cm³/mol. The molecule has 1 fully saturated rings. The molecule has 2 aliphatic rings. The molecule has 7 nitrogen and oxygen atoms in total. The van der Waals surface area contributed by atoms with Crippen LogP contribution in [0.2, 0.25) is 0 Å². The number of nitriles is 1. The van der Waals surface area contributed by atoms with E-state index < -0.39 is 16.7 Å². The molecule has 0 saturated carbocycles. The number of fused-ring (bicyclic) bond motifs is 4. The molecule has 1 saturated heterocycles. The van der Waals surface area contributed by atoms with E-state index in [1.165, 1.54) is 0 Å². The van der Waals surface area contributed by atoms with Crippen LogP contribution in [0.25, 0.3) is 11.2 Å². The van der Waals surface area contributed by atoms with Crippen LogP contribution in [-0.4, -0.2) is 24.0 Å². The van der Waals surface area contributed by atoms with E-state index in [9.17, 15) is 14.9 Å². The first kappa shape index (κ1) is 19.6. The van der Waals surface area contributed by atoms with Crippen LogP contribution in [-0.2, 0) is 12.0 Å². The standard InChI is InChI=1S/C24H22N2O5/c1-15(26-10-4-5-11-26)12-24(14-25)17-7-3-2-6-16(17)13-29-18-8-9-19-21(20(18)24)31-23(28)22(27)30-19/h2-3,6-9,15H,4-5,10-13H2,1H3. The maximum Gasteiger partial charge on any atom is 0.423 e. The third kappa shape index (κ3) is 3.06. The SMILES string of the molecule is CC(CC1(C#N)c2ccccc2COc2ccc3oc(=O)c(=O)oc3c21)N1CCCC1. The monoisotopic (exact) mass is 418 g/mol. The van der Waals surface area contributed by atoms with Gasteiger partial charge in [0.1, 0.15) is 17.8 Å². The number of ether oxygens (including phenoxy) is 1. The highest BCUT2D eigenvalue weighted by molar-refractivity contribution is 5.81. The summed E-state index contributed by atoms with van der Waals surface area (Å²) in [5, 5.41) is 10.7. The highest BCUT2D eigenvalue weighted by Gasteiger charge is 2.45. The van der Waals surface area contributed by atoms with Gasteiger partial charge in [-0.3, -0.25) is 0 Å². The molecular weight excluding hydrogens is 396 g/mol. The van der Waals surface area contributed by atoms with Gasteiger partial charge in [0.25, 0.3) is 0 Å². The van der Waals surface area contributed by atoms with E-state index in [0.29, 0.717) is 17.7 Å². The van der Waals surface area contributed by atoms with Crippen molar-refractivity contribution in [3.05, 3.63) is 73.9 Å². The third-order valence-corrected chi connectivity index (χ3v) is 6.49. The molecule has 2 aromatic carbocycles. The first-order valence-corrected chi connectivity index (χ1v) is 10.5. The van der Waals surface area contributed by atoms with Crippen molar-refractivity contribution in [3.8, 4) is 11.8 Å². The molecule has 3 aromatic rings. The van der Waals surface area contributed by atoms with Gasteiger partial charge in [-0.1, -0.05) is 24.3 Å². The zero-order valence-electron chi connectivity index (χ0n) is 17.2. The van der Waals surface area contributed by atoms with Gasteiger partial charge >= 0.3 is 11.3 Å². The molecule has 7 heteroatoms. The molecule has 158 valence electrons. The molecule has 2 atom stereocenters. The zero-order valence-corrected chi connectivity index (χ0v) is 17.2. The first-order valence-electron chi connectivity index (χ1n) is 10.5. The second-order valence-corrected chi connectivity index (χ2v) is 8.30. The fourth-order valence-electron chi connectivity index (χ4n) is 5.01. The van der Waals surface area contributed by atoms with E-state index in [1.807, 2.05) is 24.3 Å². The first-order chi connectivity index (χ1) is 15.0. The second-order valence-electron chi connectivity index (χ2n) is 8.30. The summed E-state index contributed by atoms with van der Waals surface area (Å²) >= 11 is 0. The minimum Gasteiger partial charge on any atom is -0.488 e. The Hall–Kier alpha value is -3.37. The summed E-state index contributed by atoms with van der Waals surface area (Å²) in [6.45, 7) is 4.40. The van der Waals surface area contributed by atoms with Gasteiger partial charge in [0.05, 0.1) is 11.6 Å². The molecule has 0 radical (unpaired) electrons. The number of rotatable bonds is 3. The molecular formula is C24H22N2O5. The van der Waals surface area contributed by atoms with Crippen molar-refractivity contribution in [2.24, 2.45) is 0 Å². The minimum absolute atomic E-state index is 0.0916. The van der Waals surface area contributed by atoms with E-state index in [4.69, 9.17) is 13.6 Å². The minimum atomic E-state index is -1.14. The van der Waals surface area contributed by atoms with Gasteiger partial charge in [-0.15, -0.1) is 0 Å². The number of hydrogen-bond acceptors (Lipinski definition) is 7.